The zero-order chi connectivity index (χ0) is 14.0. The minimum atomic E-state index is -0.462. The Morgan fingerprint density at radius 2 is 2.00 bits per heavy atom. The van der Waals surface area contributed by atoms with Crippen LogP contribution in [0.4, 0.5) is 5.69 Å². The summed E-state index contributed by atoms with van der Waals surface area (Å²) < 4.78 is 0. The number of carbonyl (C=O) groups is 1. The third kappa shape index (κ3) is 2.55. The molecule has 5 N–H and O–H groups in total. The molecule has 0 radical (unpaired) electrons. The summed E-state index contributed by atoms with van der Waals surface area (Å²) in [5.74, 6) is 4.51. The molecule has 3 atom stereocenters. The first-order valence-electron chi connectivity index (χ1n) is 5.80. The maximum absolute atomic E-state index is 11.8. The average Bonchev–Trinajstić information content (AvgIpc) is 2.80. The lowest BCUT2D eigenvalue weighted by molar-refractivity contribution is -0.384. The molecule has 0 bridgehead atoms. The topological polar surface area (TPSA) is 122 Å². The van der Waals surface area contributed by atoms with Crippen molar-refractivity contribution in [1.29, 1.82) is 0 Å². The predicted octanol–water partition coefficient (Wildman–Crippen LogP) is -0.262. The normalized spacial score (nSPS) is 26.1. The number of nitro groups is 1. The summed E-state index contributed by atoms with van der Waals surface area (Å²) in [5.41, 5.74) is 8.91. The molecule has 1 aliphatic heterocycles. The number of hydrogen-bond donors (Lipinski definition) is 4. The van der Waals surface area contributed by atoms with Gasteiger partial charge in [-0.05, 0) is 12.5 Å². The van der Waals surface area contributed by atoms with Gasteiger partial charge in [0.1, 0.15) is 0 Å². The van der Waals surface area contributed by atoms with E-state index in [2.05, 4.69) is 16.3 Å². The summed E-state index contributed by atoms with van der Waals surface area (Å²) >= 11 is 0. The zero-order valence-electron chi connectivity index (χ0n) is 10.3. The number of hydrogen-bond acceptors (Lipinski definition) is 6. The highest BCUT2D eigenvalue weighted by atomic mass is 16.6. The van der Waals surface area contributed by atoms with E-state index in [1.165, 1.54) is 12.1 Å². The molecule has 2 rings (SSSR count). The van der Waals surface area contributed by atoms with Gasteiger partial charge in [0.15, 0.2) is 0 Å². The average molecular weight is 265 g/mol. The van der Waals surface area contributed by atoms with Gasteiger partial charge in [0, 0.05) is 18.2 Å². The van der Waals surface area contributed by atoms with E-state index in [1.54, 1.807) is 12.1 Å². The Labute approximate surface area is 109 Å². The van der Waals surface area contributed by atoms with Crippen LogP contribution in [0.25, 0.3) is 0 Å². The SMILES string of the molecule is CC1NNC(c2ccc([N+](=O)[O-])cc2)C1C(=O)NN. The molecule has 1 amide bonds. The van der Waals surface area contributed by atoms with E-state index < -0.39 is 4.92 Å². The molecule has 8 heteroatoms. The maximum Gasteiger partial charge on any atom is 0.269 e. The Hall–Kier alpha value is -2.03. The Balaban J connectivity index is 2.25. The van der Waals surface area contributed by atoms with Gasteiger partial charge in [-0.15, -0.1) is 0 Å². The van der Waals surface area contributed by atoms with E-state index in [0.717, 1.165) is 5.56 Å². The van der Waals surface area contributed by atoms with Crippen molar-refractivity contribution < 1.29 is 9.72 Å². The third-order valence-electron chi connectivity index (χ3n) is 3.27. The first-order valence-corrected chi connectivity index (χ1v) is 5.80. The number of nitro benzene ring substituents is 1. The molecule has 1 aromatic rings. The molecule has 1 saturated heterocycles. The maximum atomic E-state index is 11.8. The fraction of sp³-hybridized carbons (Fsp3) is 0.364. The molecule has 0 spiro atoms. The largest absolute Gasteiger partial charge is 0.294 e. The van der Waals surface area contributed by atoms with E-state index in [1.807, 2.05) is 6.92 Å². The van der Waals surface area contributed by atoms with Crippen LogP contribution >= 0.6 is 0 Å². The van der Waals surface area contributed by atoms with Crippen molar-refractivity contribution in [1.82, 2.24) is 16.3 Å². The zero-order valence-corrected chi connectivity index (χ0v) is 10.3. The molecule has 19 heavy (non-hydrogen) atoms. The summed E-state index contributed by atoms with van der Waals surface area (Å²) in [6.07, 6.45) is 0. The van der Waals surface area contributed by atoms with Crippen molar-refractivity contribution in [2.75, 3.05) is 0 Å². The van der Waals surface area contributed by atoms with Crippen LogP contribution in [0.5, 0.6) is 0 Å². The van der Waals surface area contributed by atoms with Gasteiger partial charge in [-0.1, -0.05) is 12.1 Å². The number of nitrogens with zero attached hydrogens (tertiary/aromatic N) is 1. The Bertz CT molecular complexity index is 490. The minimum absolute atomic E-state index is 0.0163. The molecule has 1 fully saturated rings. The second-order valence-corrected chi connectivity index (χ2v) is 4.44. The van der Waals surface area contributed by atoms with Gasteiger partial charge < -0.3 is 0 Å². The van der Waals surface area contributed by atoms with Gasteiger partial charge in [-0.3, -0.25) is 25.8 Å². The highest BCUT2D eigenvalue weighted by molar-refractivity contribution is 5.80. The van der Waals surface area contributed by atoms with Crippen LogP contribution in [-0.4, -0.2) is 16.9 Å². The molecule has 1 aromatic carbocycles. The van der Waals surface area contributed by atoms with Gasteiger partial charge in [0.05, 0.1) is 16.9 Å². The van der Waals surface area contributed by atoms with Gasteiger partial charge in [-0.25, -0.2) is 11.3 Å². The smallest absolute Gasteiger partial charge is 0.269 e. The number of non-ortho nitro benzene ring substituents is 1. The van der Waals surface area contributed by atoms with Gasteiger partial charge in [0.2, 0.25) is 5.91 Å². The number of hydrazine groups is 2. The lowest BCUT2D eigenvalue weighted by Gasteiger charge is -2.19. The van der Waals surface area contributed by atoms with Crippen molar-refractivity contribution in [2.24, 2.45) is 11.8 Å². The van der Waals surface area contributed by atoms with Crippen LogP contribution in [0.1, 0.15) is 18.5 Å². The Morgan fingerprint density at radius 3 is 2.53 bits per heavy atom. The molecular weight excluding hydrogens is 250 g/mol. The second-order valence-electron chi connectivity index (χ2n) is 4.44. The Morgan fingerprint density at radius 1 is 1.37 bits per heavy atom. The fourth-order valence-corrected chi connectivity index (χ4v) is 2.26. The molecule has 1 heterocycles. The van der Waals surface area contributed by atoms with Crippen LogP contribution < -0.4 is 22.1 Å². The first-order chi connectivity index (χ1) is 9.04. The molecule has 102 valence electrons. The van der Waals surface area contributed by atoms with E-state index >= 15 is 0 Å². The molecule has 0 aliphatic carbocycles. The van der Waals surface area contributed by atoms with Crippen molar-refractivity contribution in [3.8, 4) is 0 Å². The molecule has 8 nitrogen and oxygen atoms in total. The number of amides is 1. The van der Waals surface area contributed by atoms with Crippen molar-refractivity contribution in [3.05, 3.63) is 39.9 Å². The van der Waals surface area contributed by atoms with Crippen molar-refractivity contribution in [3.63, 3.8) is 0 Å². The molecular formula is C11H15N5O3. The van der Waals surface area contributed by atoms with Crippen molar-refractivity contribution >= 4 is 11.6 Å². The van der Waals surface area contributed by atoms with Crippen LogP contribution in [0.15, 0.2) is 24.3 Å². The fourth-order valence-electron chi connectivity index (χ4n) is 2.26. The van der Waals surface area contributed by atoms with E-state index in [4.69, 9.17) is 5.84 Å². The first kappa shape index (κ1) is 13.4. The Kier molecular flexibility index (Phi) is 3.74. The second kappa shape index (κ2) is 5.31. The van der Waals surface area contributed by atoms with E-state index in [-0.39, 0.29) is 29.6 Å². The highest BCUT2D eigenvalue weighted by Gasteiger charge is 2.39. The third-order valence-corrected chi connectivity index (χ3v) is 3.27. The number of rotatable bonds is 3. The quantitative estimate of drug-likeness (QED) is 0.258. The van der Waals surface area contributed by atoms with E-state index in [9.17, 15) is 14.9 Å². The molecule has 0 aromatic heterocycles. The summed E-state index contributed by atoms with van der Waals surface area (Å²) in [5, 5.41) is 10.6. The van der Waals surface area contributed by atoms with Crippen LogP contribution in [0.3, 0.4) is 0 Å². The predicted molar refractivity (Wildman–Crippen MR) is 67.4 cm³/mol. The molecule has 0 saturated carbocycles. The standard InChI is InChI=1S/C11H15N5O3/c1-6-9(11(17)13-12)10(15-14-6)7-2-4-8(5-3-7)16(18)19/h2-6,9-10,14-15H,12H2,1H3,(H,13,17). The van der Waals surface area contributed by atoms with Gasteiger partial charge in [0.25, 0.3) is 5.69 Å². The van der Waals surface area contributed by atoms with Gasteiger partial charge >= 0.3 is 0 Å². The summed E-state index contributed by atoms with van der Waals surface area (Å²) in [6.45, 7) is 1.86. The van der Waals surface area contributed by atoms with Crippen LogP contribution in [-0.2, 0) is 4.79 Å². The highest BCUT2D eigenvalue weighted by Crippen LogP contribution is 2.29. The number of nitrogens with two attached hydrogens (primary N) is 1. The minimum Gasteiger partial charge on any atom is -0.294 e. The lowest BCUT2D eigenvalue weighted by Crippen LogP contribution is -2.41. The lowest BCUT2D eigenvalue weighted by atomic mass is 9.89. The van der Waals surface area contributed by atoms with E-state index in [0.29, 0.717) is 0 Å². The molecule has 1 aliphatic rings. The number of nitrogens with one attached hydrogen (secondary N) is 3. The summed E-state index contributed by atoms with van der Waals surface area (Å²) in [6, 6.07) is 5.72. The van der Waals surface area contributed by atoms with Crippen molar-refractivity contribution in [2.45, 2.75) is 19.0 Å². The van der Waals surface area contributed by atoms with Gasteiger partial charge in [-0.2, -0.15) is 0 Å². The van der Waals surface area contributed by atoms with Crippen LogP contribution in [0, 0.1) is 16.0 Å². The number of benzene rings is 1. The summed E-state index contributed by atoms with van der Waals surface area (Å²) in [4.78, 5) is 21.9. The summed E-state index contributed by atoms with van der Waals surface area (Å²) in [7, 11) is 0. The number of carbonyl (C=O) groups excluding carboxylic acids is 1. The monoisotopic (exact) mass is 265 g/mol. The van der Waals surface area contributed by atoms with Crippen LogP contribution in [0.2, 0.25) is 0 Å². The molecule has 3 unspecified atom stereocenters.